The Morgan fingerprint density at radius 2 is 2.06 bits per heavy atom. The van der Waals surface area contributed by atoms with Crippen LogP contribution in [0.3, 0.4) is 0 Å². The van der Waals surface area contributed by atoms with Gasteiger partial charge in [-0.25, -0.2) is 0 Å². The highest BCUT2D eigenvalue weighted by Crippen LogP contribution is 2.18. The minimum absolute atomic E-state index is 0.533. The van der Waals surface area contributed by atoms with Crippen LogP contribution in [0.15, 0.2) is 0 Å². The van der Waals surface area contributed by atoms with Gasteiger partial charge in [-0.3, -0.25) is 4.79 Å². The molecule has 1 rings (SSSR count). The van der Waals surface area contributed by atoms with Crippen LogP contribution in [0, 0.1) is 11.3 Å². The SMILES string of the molecule is CC(C)(CNCCC1CCOCC1)C(=O)O. The molecule has 4 nitrogen and oxygen atoms in total. The third-order valence-corrected chi connectivity index (χ3v) is 3.22. The third kappa shape index (κ3) is 4.49. The molecule has 0 unspecified atom stereocenters. The van der Waals surface area contributed by atoms with Gasteiger partial charge in [0.05, 0.1) is 5.41 Å². The van der Waals surface area contributed by atoms with Gasteiger partial charge in [-0.15, -0.1) is 0 Å². The van der Waals surface area contributed by atoms with Crippen LogP contribution in [0.25, 0.3) is 0 Å². The smallest absolute Gasteiger partial charge is 0.310 e. The van der Waals surface area contributed by atoms with Crippen LogP contribution in [-0.4, -0.2) is 37.4 Å². The van der Waals surface area contributed by atoms with Gasteiger partial charge in [0.2, 0.25) is 0 Å². The van der Waals surface area contributed by atoms with Gasteiger partial charge in [0, 0.05) is 19.8 Å². The Balaban J connectivity index is 2.09. The maximum atomic E-state index is 10.9. The second kappa shape index (κ2) is 6.21. The summed E-state index contributed by atoms with van der Waals surface area (Å²) in [6, 6.07) is 0. The highest BCUT2D eigenvalue weighted by Gasteiger charge is 2.26. The molecule has 16 heavy (non-hydrogen) atoms. The van der Waals surface area contributed by atoms with Crippen molar-refractivity contribution in [3.05, 3.63) is 0 Å². The molecule has 0 atom stereocenters. The molecule has 1 heterocycles. The number of ether oxygens (including phenoxy) is 1. The summed E-state index contributed by atoms with van der Waals surface area (Å²) in [5, 5.41) is 12.2. The van der Waals surface area contributed by atoms with Crippen LogP contribution in [0.1, 0.15) is 33.1 Å². The molecule has 0 radical (unpaired) electrons. The van der Waals surface area contributed by atoms with E-state index in [-0.39, 0.29) is 0 Å². The number of carbonyl (C=O) groups is 1. The largest absolute Gasteiger partial charge is 0.481 e. The average Bonchev–Trinajstić information content (AvgIpc) is 2.26. The number of hydrogen-bond acceptors (Lipinski definition) is 3. The molecule has 1 aliphatic rings. The van der Waals surface area contributed by atoms with Gasteiger partial charge in [-0.2, -0.15) is 0 Å². The maximum Gasteiger partial charge on any atom is 0.310 e. The summed E-state index contributed by atoms with van der Waals surface area (Å²) in [6.07, 6.45) is 3.41. The third-order valence-electron chi connectivity index (χ3n) is 3.22. The molecule has 94 valence electrons. The lowest BCUT2D eigenvalue weighted by Crippen LogP contribution is -2.37. The Hall–Kier alpha value is -0.610. The van der Waals surface area contributed by atoms with Crippen LogP contribution >= 0.6 is 0 Å². The van der Waals surface area contributed by atoms with Gasteiger partial charge in [0.25, 0.3) is 0 Å². The zero-order valence-corrected chi connectivity index (χ0v) is 10.3. The Kier molecular flexibility index (Phi) is 5.22. The molecular weight excluding hydrogens is 206 g/mol. The number of rotatable bonds is 6. The van der Waals surface area contributed by atoms with E-state index in [0.29, 0.717) is 6.54 Å². The summed E-state index contributed by atoms with van der Waals surface area (Å²) < 4.78 is 5.29. The summed E-state index contributed by atoms with van der Waals surface area (Å²) in [7, 11) is 0. The number of hydrogen-bond donors (Lipinski definition) is 2. The molecule has 4 heteroatoms. The van der Waals surface area contributed by atoms with Gasteiger partial charge in [0.15, 0.2) is 0 Å². The number of nitrogens with one attached hydrogen (secondary N) is 1. The molecule has 1 saturated heterocycles. The first-order valence-electron chi connectivity index (χ1n) is 6.04. The van der Waals surface area contributed by atoms with Crippen LogP contribution in [0.4, 0.5) is 0 Å². The van der Waals surface area contributed by atoms with Gasteiger partial charge >= 0.3 is 5.97 Å². The summed E-state index contributed by atoms with van der Waals surface area (Å²) in [5.74, 6) is 0.000238. The van der Waals surface area contributed by atoms with Crippen molar-refractivity contribution >= 4 is 5.97 Å². The summed E-state index contributed by atoms with van der Waals surface area (Å²) >= 11 is 0. The van der Waals surface area contributed by atoms with Gasteiger partial charge in [-0.05, 0) is 45.6 Å². The summed E-state index contributed by atoms with van der Waals surface area (Å²) in [5.41, 5.74) is -0.671. The molecule has 0 amide bonds. The first kappa shape index (κ1) is 13.5. The van der Waals surface area contributed by atoms with Crippen molar-refractivity contribution in [2.45, 2.75) is 33.1 Å². The van der Waals surface area contributed by atoms with Gasteiger partial charge in [0.1, 0.15) is 0 Å². The highest BCUT2D eigenvalue weighted by atomic mass is 16.5. The van der Waals surface area contributed by atoms with Crippen LogP contribution < -0.4 is 5.32 Å². The normalized spacial score (nSPS) is 18.6. The standard InChI is InChI=1S/C12H23NO3/c1-12(2,11(14)15)9-13-6-3-10-4-7-16-8-5-10/h10,13H,3-9H2,1-2H3,(H,14,15). The Labute approximate surface area is 97.4 Å². The lowest BCUT2D eigenvalue weighted by molar-refractivity contribution is -0.146. The van der Waals surface area contributed by atoms with Crippen molar-refractivity contribution in [1.82, 2.24) is 5.32 Å². The molecule has 1 aliphatic heterocycles. The van der Waals surface area contributed by atoms with E-state index in [4.69, 9.17) is 9.84 Å². The zero-order chi connectivity index (χ0) is 12.0. The molecule has 0 aliphatic carbocycles. The predicted molar refractivity (Wildman–Crippen MR) is 62.4 cm³/mol. The fourth-order valence-corrected chi connectivity index (χ4v) is 1.82. The molecular formula is C12H23NO3. The molecule has 0 aromatic heterocycles. The van der Waals surface area contributed by atoms with Crippen LogP contribution in [0.2, 0.25) is 0 Å². The quantitative estimate of drug-likeness (QED) is 0.678. The molecule has 0 bridgehead atoms. The van der Waals surface area contributed by atoms with Crippen molar-refractivity contribution in [1.29, 1.82) is 0 Å². The highest BCUT2D eigenvalue weighted by molar-refractivity contribution is 5.73. The topological polar surface area (TPSA) is 58.6 Å². The first-order chi connectivity index (χ1) is 7.52. The first-order valence-corrected chi connectivity index (χ1v) is 6.04. The second-order valence-corrected chi connectivity index (χ2v) is 5.21. The number of aliphatic carboxylic acids is 1. The molecule has 0 aromatic rings. The average molecular weight is 229 g/mol. The number of carboxylic acid groups (broad SMARTS) is 1. The molecule has 0 aromatic carbocycles. The minimum atomic E-state index is -0.744. The van der Waals surface area contributed by atoms with Gasteiger partial charge < -0.3 is 15.2 Å². The Morgan fingerprint density at radius 3 is 2.62 bits per heavy atom. The fraction of sp³-hybridized carbons (Fsp3) is 0.917. The number of carboxylic acids is 1. The minimum Gasteiger partial charge on any atom is -0.481 e. The van der Waals surface area contributed by atoms with Crippen molar-refractivity contribution in [3.63, 3.8) is 0 Å². The van der Waals surface area contributed by atoms with Crippen molar-refractivity contribution in [2.75, 3.05) is 26.3 Å². The van der Waals surface area contributed by atoms with E-state index < -0.39 is 11.4 Å². The van der Waals surface area contributed by atoms with E-state index in [0.717, 1.165) is 44.9 Å². The lowest BCUT2D eigenvalue weighted by atomic mass is 9.93. The lowest BCUT2D eigenvalue weighted by Gasteiger charge is -2.23. The monoisotopic (exact) mass is 229 g/mol. The van der Waals surface area contributed by atoms with E-state index in [1.807, 2.05) is 0 Å². The second-order valence-electron chi connectivity index (χ2n) is 5.21. The van der Waals surface area contributed by atoms with E-state index >= 15 is 0 Å². The van der Waals surface area contributed by atoms with E-state index in [1.54, 1.807) is 13.8 Å². The molecule has 0 spiro atoms. The Bertz CT molecular complexity index is 222. The van der Waals surface area contributed by atoms with Crippen molar-refractivity contribution in [3.8, 4) is 0 Å². The molecule has 0 saturated carbocycles. The summed E-state index contributed by atoms with van der Waals surface area (Å²) in [4.78, 5) is 10.9. The maximum absolute atomic E-state index is 10.9. The predicted octanol–water partition coefficient (Wildman–Crippen LogP) is 1.50. The molecule has 1 fully saturated rings. The summed E-state index contributed by atoms with van der Waals surface area (Å²) in [6.45, 7) is 6.69. The van der Waals surface area contributed by atoms with Gasteiger partial charge in [-0.1, -0.05) is 0 Å². The Morgan fingerprint density at radius 1 is 1.44 bits per heavy atom. The zero-order valence-electron chi connectivity index (χ0n) is 10.3. The van der Waals surface area contributed by atoms with Crippen LogP contribution in [0.5, 0.6) is 0 Å². The van der Waals surface area contributed by atoms with E-state index in [9.17, 15) is 4.79 Å². The molecule has 2 N–H and O–H groups in total. The van der Waals surface area contributed by atoms with E-state index in [2.05, 4.69) is 5.32 Å². The fourth-order valence-electron chi connectivity index (χ4n) is 1.82. The van der Waals surface area contributed by atoms with Crippen LogP contribution in [-0.2, 0) is 9.53 Å². The van der Waals surface area contributed by atoms with Crippen molar-refractivity contribution in [2.24, 2.45) is 11.3 Å². The van der Waals surface area contributed by atoms with Crippen molar-refractivity contribution < 1.29 is 14.6 Å². The van der Waals surface area contributed by atoms with E-state index in [1.165, 1.54) is 0 Å².